The molecule has 124 valence electrons. The van der Waals surface area contributed by atoms with E-state index in [-0.39, 0.29) is 11.5 Å². The summed E-state index contributed by atoms with van der Waals surface area (Å²) in [6.07, 6.45) is 3.07. The Hall–Kier alpha value is -0.290. The van der Waals surface area contributed by atoms with E-state index in [1.54, 1.807) is 7.11 Å². The SMILES string of the molecule is COCCCOc1cc([C@@H]2CCC(C)(C)[C@H]2N)c(Br)cc1Cl. The monoisotopic (exact) mass is 389 g/mol. The van der Waals surface area contributed by atoms with Crippen molar-refractivity contribution in [2.24, 2.45) is 11.1 Å². The highest BCUT2D eigenvalue weighted by Crippen LogP contribution is 2.48. The van der Waals surface area contributed by atoms with Gasteiger partial charge in [-0.2, -0.15) is 0 Å². The molecule has 0 aromatic heterocycles. The van der Waals surface area contributed by atoms with Crippen molar-refractivity contribution < 1.29 is 9.47 Å². The molecular formula is C17H25BrClNO2. The summed E-state index contributed by atoms with van der Waals surface area (Å²) in [6, 6.07) is 4.11. The predicted molar refractivity (Wildman–Crippen MR) is 94.9 cm³/mol. The summed E-state index contributed by atoms with van der Waals surface area (Å²) in [5.41, 5.74) is 7.84. The normalized spacial score (nSPS) is 23.7. The molecular weight excluding hydrogens is 366 g/mol. The number of hydrogen-bond donors (Lipinski definition) is 1. The summed E-state index contributed by atoms with van der Waals surface area (Å²) in [7, 11) is 1.69. The molecule has 1 aromatic carbocycles. The topological polar surface area (TPSA) is 44.5 Å². The smallest absolute Gasteiger partial charge is 0.138 e. The van der Waals surface area contributed by atoms with E-state index in [1.807, 2.05) is 12.1 Å². The molecule has 1 saturated carbocycles. The molecule has 2 atom stereocenters. The average molecular weight is 391 g/mol. The number of hydrogen-bond acceptors (Lipinski definition) is 3. The lowest BCUT2D eigenvalue weighted by Gasteiger charge is -2.28. The van der Waals surface area contributed by atoms with Crippen molar-refractivity contribution in [1.29, 1.82) is 0 Å². The zero-order valence-electron chi connectivity index (χ0n) is 13.5. The van der Waals surface area contributed by atoms with Gasteiger partial charge in [0.25, 0.3) is 0 Å². The lowest BCUT2D eigenvalue weighted by atomic mass is 9.83. The van der Waals surface area contributed by atoms with Crippen molar-refractivity contribution in [1.82, 2.24) is 0 Å². The van der Waals surface area contributed by atoms with E-state index in [9.17, 15) is 0 Å². The van der Waals surface area contributed by atoms with Gasteiger partial charge in [-0.25, -0.2) is 0 Å². The van der Waals surface area contributed by atoms with Gasteiger partial charge in [0.1, 0.15) is 5.75 Å². The van der Waals surface area contributed by atoms with Crippen molar-refractivity contribution in [2.75, 3.05) is 20.3 Å². The van der Waals surface area contributed by atoms with Crippen LogP contribution in [-0.2, 0) is 4.74 Å². The minimum Gasteiger partial charge on any atom is -0.492 e. The van der Waals surface area contributed by atoms with Crippen LogP contribution < -0.4 is 10.5 Å². The minimum absolute atomic E-state index is 0.145. The Morgan fingerprint density at radius 2 is 2.09 bits per heavy atom. The molecule has 1 aliphatic carbocycles. The van der Waals surface area contributed by atoms with Crippen LogP contribution >= 0.6 is 27.5 Å². The Morgan fingerprint density at radius 3 is 2.68 bits per heavy atom. The number of halogens is 2. The maximum Gasteiger partial charge on any atom is 0.138 e. The van der Waals surface area contributed by atoms with Gasteiger partial charge in [-0.15, -0.1) is 0 Å². The number of rotatable bonds is 6. The Morgan fingerprint density at radius 1 is 1.36 bits per heavy atom. The van der Waals surface area contributed by atoms with Gasteiger partial charge >= 0.3 is 0 Å². The van der Waals surface area contributed by atoms with Gasteiger partial charge in [-0.1, -0.05) is 41.4 Å². The highest BCUT2D eigenvalue weighted by molar-refractivity contribution is 9.10. The van der Waals surface area contributed by atoms with Gasteiger partial charge < -0.3 is 15.2 Å². The highest BCUT2D eigenvalue weighted by atomic mass is 79.9. The third kappa shape index (κ3) is 3.97. The second-order valence-electron chi connectivity index (χ2n) is 6.66. The molecule has 22 heavy (non-hydrogen) atoms. The summed E-state index contributed by atoms with van der Waals surface area (Å²) in [5, 5.41) is 0.624. The Balaban J connectivity index is 2.18. The fraction of sp³-hybridized carbons (Fsp3) is 0.647. The van der Waals surface area contributed by atoms with E-state index < -0.39 is 0 Å². The molecule has 0 radical (unpaired) electrons. The summed E-state index contributed by atoms with van der Waals surface area (Å²) in [4.78, 5) is 0. The summed E-state index contributed by atoms with van der Waals surface area (Å²) in [5.74, 6) is 1.07. The molecule has 2 N–H and O–H groups in total. The van der Waals surface area contributed by atoms with Crippen LogP contribution in [0.25, 0.3) is 0 Å². The van der Waals surface area contributed by atoms with Gasteiger partial charge in [-0.05, 0) is 36.0 Å². The second-order valence-corrected chi connectivity index (χ2v) is 7.92. The summed E-state index contributed by atoms with van der Waals surface area (Å²) >= 11 is 9.93. The van der Waals surface area contributed by atoms with Crippen LogP contribution in [0.5, 0.6) is 5.75 Å². The lowest BCUT2D eigenvalue weighted by molar-refractivity contribution is 0.172. The first-order chi connectivity index (χ1) is 10.4. The van der Waals surface area contributed by atoms with E-state index in [0.717, 1.165) is 29.5 Å². The number of benzene rings is 1. The molecule has 2 rings (SSSR count). The van der Waals surface area contributed by atoms with E-state index >= 15 is 0 Å². The molecule has 0 bridgehead atoms. The van der Waals surface area contributed by atoms with Crippen LogP contribution in [0.2, 0.25) is 5.02 Å². The maximum absolute atomic E-state index is 6.47. The van der Waals surface area contributed by atoms with E-state index in [0.29, 0.717) is 24.2 Å². The van der Waals surface area contributed by atoms with Crippen LogP contribution in [0.1, 0.15) is 44.6 Å². The third-order valence-electron chi connectivity index (χ3n) is 4.64. The van der Waals surface area contributed by atoms with Crippen LogP contribution in [-0.4, -0.2) is 26.4 Å². The lowest BCUT2D eigenvalue weighted by Crippen LogP contribution is -2.36. The predicted octanol–water partition coefficient (Wildman–Crippen LogP) is 4.75. The molecule has 1 aromatic rings. The largest absolute Gasteiger partial charge is 0.492 e. The Bertz CT molecular complexity index is 522. The third-order valence-corrected chi connectivity index (χ3v) is 5.62. The molecule has 0 saturated heterocycles. The quantitative estimate of drug-likeness (QED) is 0.713. The van der Waals surface area contributed by atoms with Crippen LogP contribution in [0.15, 0.2) is 16.6 Å². The number of ether oxygens (including phenoxy) is 2. The molecule has 0 aliphatic heterocycles. The summed E-state index contributed by atoms with van der Waals surface area (Å²) < 4.78 is 11.9. The Labute approximate surface area is 146 Å². The van der Waals surface area contributed by atoms with E-state index in [4.69, 9.17) is 26.8 Å². The van der Waals surface area contributed by atoms with Crippen molar-refractivity contribution in [3.05, 3.63) is 27.2 Å². The van der Waals surface area contributed by atoms with Crippen molar-refractivity contribution in [2.45, 2.75) is 45.1 Å². The highest BCUT2D eigenvalue weighted by Gasteiger charge is 2.40. The standard InChI is InChI=1S/C17H25BrClNO2/c1-17(2)6-5-11(16(17)20)12-9-15(14(19)10-13(12)18)22-8-4-7-21-3/h9-11,16H,4-8,20H2,1-3H3/t11-,16-/m0/s1. The molecule has 5 heteroatoms. The minimum atomic E-state index is 0.145. The number of nitrogens with two attached hydrogens (primary N) is 1. The zero-order valence-corrected chi connectivity index (χ0v) is 15.8. The van der Waals surface area contributed by atoms with Crippen molar-refractivity contribution >= 4 is 27.5 Å². The first-order valence-electron chi connectivity index (χ1n) is 7.73. The molecule has 3 nitrogen and oxygen atoms in total. The molecule has 0 spiro atoms. The maximum atomic E-state index is 6.47. The van der Waals surface area contributed by atoms with Crippen LogP contribution in [0.4, 0.5) is 0 Å². The molecule has 0 amide bonds. The molecule has 1 aliphatic rings. The molecule has 1 fully saturated rings. The van der Waals surface area contributed by atoms with E-state index in [1.165, 1.54) is 5.56 Å². The fourth-order valence-corrected chi connectivity index (χ4v) is 4.08. The molecule has 0 heterocycles. The zero-order chi connectivity index (χ0) is 16.3. The first kappa shape index (κ1) is 18.1. The Kier molecular flexibility index (Phi) is 6.17. The average Bonchev–Trinajstić information content (AvgIpc) is 2.72. The molecule has 0 unspecified atom stereocenters. The van der Waals surface area contributed by atoms with Crippen LogP contribution in [0, 0.1) is 5.41 Å². The van der Waals surface area contributed by atoms with Gasteiger partial charge in [0.05, 0.1) is 11.6 Å². The van der Waals surface area contributed by atoms with Crippen molar-refractivity contribution in [3.63, 3.8) is 0 Å². The van der Waals surface area contributed by atoms with Gasteiger partial charge in [0, 0.05) is 36.6 Å². The summed E-state index contributed by atoms with van der Waals surface area (Å²) in [6.45, 7) is 5.76. The fourth-order valence-electron chi connectivity index (χ4n) is 3.09. The van der Waals surface area contributed by atoms with Crippen LogP contribution in [0.3, 0.4) is 0 Å². The van der Waals surface area contributed by atoms with E-state index in [2.05, 4.69) is 29.8 Å². The van der Waals surface area contributed by atoms with Crippen molar-refractivity contribution in [3.8, 4) is 5.75 Å². The van der Waals surface area contributed by atoms with Gasteiger partial charge in [-0.3, -0.25) is 0 Å². The van der Waals surface area contributed by atoms with Gasteiger partial charge in [0.15, 0.2) is 0 Å². The second kappa shape index (κ2) is 7.52. The first-order valence-corrected chi connectivity index (χ1v) is 8.90. The van der Waals surface area contributed by atoms with Gasteiger partial charge in [0.2, 0.25) is 0 Å². The number of methoxy groups -OCH3 is 1.